The first-order chi connectivity index (χ1) is 10.1. The number of hydrogen-bond acceptors (Lipinski definition) is 4. The van der Waals surface area contributed by atoms with Crippen LogP contribution in [0.5, 0.6) is 0 Å². The standard InChI is InChI=1S/C16H16N2O3/c1-17-10-7-8-11(19)14(17)13-12(10)15(20)18(16(13)21)9-5-3-2-4-6-9/h2-6,10,12-14H,7-8H2,1H3. The first-order valence-corrected chi connectivity index (χ1v) is 7.29. The van der Waals surface area contributed by atoms with E-state index in [-0.39, 0.29) is 29.6 Å². The third-order valence-electron chi connectivity index (χ3n) is 5.15. The highest BCUT2D eigenvalue weighted by Gasteiger charge is 2.64. The Morgan fingerprint density at radius 3 is 2.38 bits per heavy atom. The summed E-state index contributed by atoms with van der Waals surface area (Å²) in [5.41, 5.74) is 0.607. The molecule has 0 radical (unpaired) electrons. The molecule has 2 bridgehead atoms. The second-order valence-electron chi connectivity index (χ2n) is 6.08. The van der Waals surface area contributed by atoms with Crippen molar-refractivity contribution in [1.29, 1.82) is 0 Å². The molecule has 3 saturated heterocycles. The summed E-state index contributed by atoms with van der Waals surface area (Å²) in [5, 5.41) is 0. The third kappa shape index (κ3) is 1.52. The van der Waals surface area contributed by atoms with E-state index in [0.717, 1.165) is 0 Å². The molecule has 21 heavy (non-hydrogen) atoms. The van der Waals surface area contributed by atoms with Crippen LogP contribution in [0.2, 0.25) is 0 Å². The lowest BCUT2D eigenvalue weighted by atomic mass is 9.90. The summed E-state index contributed by atoms with van der Waals surface area (Å²) < 4.78 is 0. The fourth-order valence-corrected chi connectivity index (χ4v) is 4.24. The smallest absolute Gasteiger partial charge is 0.239 e. The maximum Gasteiger partial charge on any atom is 0.239 e. The quantitative estimate of drug-likeness (QED) is 0.717. The minimum Gasteiger partial charge on any atom is -0.298 e. The van der Waals surface area contributed by atoms with Gasteiger partial charge in [-0.1, -0.05) is 18.2 Å². The Labute approximate surface area is 122 Å². The molecule has 108 valence electrons. The van der Waals surface area contributed by atoms with E-state index in [9.17, 15) is 14.4 Å². The van der Waals surface area contributed by atoms with Gasteiger partial charge in [0.15, 0.2) is 5.78 Å². The molecule has 5 heteroatoms. The number of fused-ring (bicyclic) bond motifs is 5. The van der Waals surface area contributed by atoms with Gasteiger partial charge < -0.3 is 0 Å². The van der Waals surface area contributed by atoms with E-state index >= 15 is 0 Å². The van der Waals surface area contributed by atoms with Crippen molar-refractivity contribution in [1.82, 2.24) is 4.90 Å². The van der Waals surface area contributed by atoms with Gasteiger partial charge in [-0.15, -0.1) is 0 Å². The zero-order valence-electron chi connectivity index (χ0n) is 11.7. The number of Topliss-reactive ketones (excluding diaryl/α,β-unsaturated/α-hetero) is 1. The Hall–Kier alpha value is -2.01. The van der Waals surface area contributed by atoms with Crippen molar-refractivity contribution in [2.24, 2.45) is 11.8 Å². The van der Waals surface area contributed by atoms with Crippen LogP contribution >= 0.6 is 0 Å². The number of likely N-dealkylation sites (N-methyl/N-ethyl adjacent to an activating group) is 1. The molecule has 0 spiro atoms. The molecular formula is C16H16N2O3. The van der Waals surface area contributed by atoms with Gasteiger partial charge in [0.1, 0.15) is 0 Å². The molecule has 3 aliphatic rings. The van der Waals surface area contributed by atoms with Gasteiger partial charge in [-0.2, -0.15) is 0 Å². The van der Waals surface area contributed by atoms with E-state index in [1.54, 1.807) is 12.1 Å². The summed E-state index contributed by atoms with van der Waals surface area (Å²) in [6, 6.07) is 8.59. The predicted molar refractivity (Wildman–Crippen MR) is 75.5 cm³/mol. The number of carbonyl (C=O) groups is 3. The molecule has 0 saturated carbocycles. The van der Waals surface area contributed by atoms with E-state index < -0.39 is 12.0 Å². The maximum absolute atomic E-state index is 12.8. The highest BCUT2D eigenvalue weighted by atomic mass is 16.2. The largest absolute Gasteiger partial charge is 0.298 e. The number of rotatable bonds is 1. The molecule has 3 fully saturated rings. The number of para-hydroxylation sites is 1. The third-order valence-corrected chi connectivity index (χ3v) is 5.15. The topological polar surface area (TPSA) is 57.7 Å². The summed E-state index contributed by atoms with van der Waals surface area (Å²) in [6.07, 6.45) is 1.16. The molecule has 1 aromatic carbocycles. The van der Waals surface area contributed by atoms with Crippen LogP contribution in [0.3, 0.4) is 0 Å². The van der Waals surface area contributed by atoms with E-state index in [2.05, 4.69) is 0 Å². The van der Waals surface area contributed by atoms with Crippen molar-refractivity contribution in [3.05, 3.63) is 30.3 Å². The summed E-state index contributed by atoms with van der Waals surface area (Å²) in [7, 11) is 1.86. The lowest BCUT2D eigenvalue weighted by Crippen LogP contribution is -2.49. The molecular weight excluding hydrogens is 268 g/mol. The molecule has 1 aromatic rings. The average molecular weight is 284 g/mol. The molecule has 3 heterocycles. The van der Waals surface area contributed by atoms with E-state index in [1.165, 1.54) is 4.90 Å². The number of nitrogens with zero attached hydrogens (tertiary/aromatic N) is 2. The van der Waals surface area contributed by atoms with Crippen molar-refractivity contribution < 1.29 is 14.4 Å². The van der Waals surface area contributed by atoms with Crippen molar-refractivity contribution in [2.45, 2.75) is 24.9 Å². The molecule has 4 unspecified atom stereocenters. The second-order valence-corrected chi connectivity index (χ2v) is 6.08. The van der Waals surface area contributed by atoms with Gasteiger partial charge in [-0.05, 0) is 25.6 Å². The van der Waals surface area contributed by atoms with Gasteiger partial charge in [-0.25, -0.2) is 4.90 Å². The first kappa shape index (κ1) is 12.7. The van der Waals surface area contributed by atoms with E-state index in [0.29, 0.717) is 18.5 Å². The molecule has 4 rings (SSSR count). The van der Waals surface area contributed by atoms with Crippen LogP contribution < -0.4 is 4.90 Å². The van der Waals surface area contributed by atoms with Crippen LogP contribution in [0.15, 0.2) is 30.3 Å². The monoisotopic (exact) mass is 284 g/mol. The fraction of sp³-hybridized carbons (Fsp3) is 0.438. The maximum atomic E-state index is 12.8. The summed E-state index contributed by atoms with van der Waals surface area (Å²) >= 11 is 0. The number of anilines is 1. The molecule has 0 aromatic heterocycles. The van der Waals surface area contributed by atoms with Crippen LogP contribution in [0, 0.1) is 11.8 Å². The van der Waals surface area contributed by atoms with Crippen molar-refractivity contribution in [2.75, 3.05) is 11.9 Å². The Balaban J connectivity index is 1.78. The fourth-order valence-electron chi connectivity index (χ4n) is 4.24. The average Bonchev–Trinajstić information content (AvgIpc) is 2.83. The minimum absolute atomic E-state index is 0.0165. The number of piperidine rings is 1. The van der Waals surface area contributed by atoms with Gasteiger partial charge in [0.2, 0.25) is 11.8 Å². The highest BCUT2D eigenvalue weighted by Crippen LogP contribution is 2.47. The van der Waals surface area contributed by atoms with Gasteiger partial charge in [-0.3, -0.25) is 19.3 Å². The molecule has 0 aliphatic carbocycles. The van der Waals surface area contributed by atoms with Crippen LogP contribution in [0.4, 0.5) is 5.69 Å². The Morgan fingerprint density at radius 1 is 1.00 bits per heavy atom. The molecule has 2 amide bonds. The number of carbonyl (C=O) groups excluding carboxylic acids is 3. The van der Waals surface area contributed by atoms with E-state index in [4.69, 9.17) is 0 Å². The number of benzene rings is 1. The van der Waals surface area contributed by atoms with Crippen molar-refractivity contribution in [3.8, 4) is 0 Å². The van der Waals surface area contributed by atoms with Crippen molar-refractivity contribution in [3.63, 3.8) is 0 Å². The summed E-state index contributed by atoms with van der Waals surface area (Å²) in [4.78, 5) is 40.9. The van der Waals surface area contributed by atoms with Gasteiger partial charge in [0, 0.05) is 12.5 Å². The number of imide groups is 1. The molecule has 3 aliphatic heterocycles. The number of amides is 2. The van der Waals surface area contributed by atoms with Gasteiger partial charge in [0.05, 0.1) is 23.6 Å². The molecule has 4 atom stereocenters. The first-order valence-electron chi connectivity index (χ1n) is 7.29. The lowest BCUT2D eigenvalue weighted by Gasteiger charge is -2.33. The molecule has 5 nitrogen and oxygen atoms in total. The summed E-state index contributed by atoms with van der Waals surface area (Å²) in [6.45, 7) is 0. The van der Waals surface area contributed by atoms with Crippen molar-refractivity contribution >= 4 is 23.3 Å². The second kappa shape index (κ2) is 4.24. The van der Waals surface area contributed by atoms with Crippen LogP contribution in [0.1, 0.15) is 12.8 Å². The zero-order chi connectivity index (χ0) is 14.7. The normalized spacial score (nSPS) is 35.5. The van der Waals surface area contributed by atoms with Crippen LogP contribution in [-0.2, 0) is 14.4 Å². The summed E-state index contributed by atoms with van der Waals surface area (Å²) in [5.74, 6) is -1.13. The Bertz CT molecular complexity index is 642. The van der Waals surface area contributed by atoms with Crippen LogP contribution in [0.25, 0.3) is 0 Å². The minimum atomic E-state index is -0.497. The van der Waals surface area contributed by atoms with Gasteiger partial charge >= 0.3 is 0 Å². The lowest BCUT2D eigenvalue weighted by molar-refractivity contribution is -0.132. The Kier molecular flexibility index (Phi) is 2.57. The zero-order valence-corrected chi connectivity index (χ0v) is 11.7. The SMILES string of the molecule is CN1C2CCC(=O)C1C1C(=O)N(c3ccccc3)C(=O)C12. The highest BCUT2D eigenvalue weighted by molar-refractivity contribution is 6.24. The van der Waals surface area contributed by atoms with E-state index in [1.807, 2.05) is 30.1 Å². The Morgan fingerprint density at radius 2 is 1.67 bits per heavy atom. The van der Waals surface area contributed by atoms with Gasteiger partial charge in [0.25, 0.3) is 0 Å². The number of hydrogen-bond donors (Lipinski definition) is 0. The molecule has 0 N–H and O–H groups in total. The predicted octanol–water partition coefficient (Wildman–Crippen LogP) is 0.838. The number of ketones is 1. The van der Waals surface area contributed by atoms with Crippen LogP contribution in [-0.4, -0.2) is 41.6 Å².